The van der Waals surface area contributed by atoms with Gasteiger partial charge in [0.25, 0.3) is 0 Å². The van der Waals surface area contributed by atoms with Crippen molar-refractivity contribution >= 4 is 17.3 Å². The van der Waals surface area contributed by atoms with E-state index in [4.69, 9.17) is 0 Å². The van der Waals surface area contributed by atoms with Crippen molar-refractivity contribution in [3.05, 3.63) is 40.2 Å². The summed E-state index contributed by atoms with van der Waals surface area (Å²) in [5.74, 6) is -0.325. The second kappa shape index (κ2) is 5.95. The van der Waals surface area contributed by atoms with Gasteiger partial charge in [-0.3, -0.25) is 0 Å². The van der Waals surface area contributed by atoms with Gasteiger partial charge in [0, 0.05) is 10.9 Å². The third kappa shape index (κ3) is 3.00. The van der Waals surface area contributed by atoms with Crippen molar-refractivity contribution in [1.82, 2.24) is 10.3 Å². The maximum atomic E-state index is 11.3. The van der Waals surface area contributed by atoms with Crippen molar-refractivity contribution in [2.75, 3.05) is 14.2 Å². The molecule has 2 rings (SSSR count). The molecule has 4 nitrogen and oxygen atoms in total. The summed E-state index contributed by atoms with van der Waals surface area (Å²) in [7, 11) is 3.29. The van der Waals surface area contributed by atoms with E-state index in [1.54, 1.807) is 23.5 Å². The lowest BCUT2D eigenvalue weighted by Gasteiger charge is -2.04. The average molecular weight is 276 g/mol. The zero-order valence-corrected chi connectivity index (χ0v) is 12.0. The largest absolute Gasteiger partial charge is 0.465 e. The quantitative estimate of drug-likeness (QED) is 0.872. The number of ether oxygens (including phenoxy) is 1. The normalized spacial score (nSPS) is 12.2. The van der Waals surface area contributed by atoms with Gasteiger partial charge in [-0.1, -0.05) is 12.1 Å². The molecular weight excluding hydrogens is 260 g/mol. The fourth-order valence-electron chi connectivity index (χ4n) is 1.64. The van der Waals surface area contributed by atoms with Crippen molar-refractivity contribution in [2.45, 2.75) is 13.0 Å². The van der Waals surface area contributed by atoms with E-state index in [-0.39, 0.29) is 12.0 Å². The first-order valence-electron chi connectivity index (χ1n) is 5.97. The molecule has 0 saturated heterocycles. The average Bonchev–Trinajstić information content (AvgIpc) is 2.95. The Morgan fingerprint density at radius 2 is 2.05 bits per heavy atom. The van der Waals surface area contributed by atoms with Gasteiger partial charge in [-0.25, -0.2) is 9.78 Å². The molecule has 1 heterocycles. The molecule has 0 saturated carbocycles. The summed E-state index contributed by atoms with van der Waals surface area (Å²) in [5.41, 5.74) is 2.47. The Hall–Kier alpha value is -1.72. The second-order valence-corrected chi connectivity index (χ2v) is 5.04. The van der Waals surface area contributed by atoms with Crippen LogP contribution in [-0.2, 0) is 4.74 Å². The highest BCUT2D eigenvalue weighted by Gasteiger charge is 2.10. The second-order valence-electron chi connectivity index (χ2n) is 4.15. The van der Waals surface area contributed by atoms with Gasteiger partial charge in [0.15, 0.2) is 0 Å². The van der Waals surface area contributed by atoms with Gasteiger partial charge in [0.1, 0.15) is 5.01 Å². The van der Waals surface area contributed by atoms with Crippen LogP contribution in [0, 0.1) is 0 Å². The number of esters is 1. The molecule has 0 aliphatic heterocycles. The molecule has 5 heteroatoms. The maximum Gasteiger partial charge on any atom is 0.337 e. The van der Waals surface area contributed by atoms with E-state index in [1.165, 1.54) is 7.11 Å². The lowest BCUT2D eigenvalue weighted by molar-refractivity contribution is 0.0601. The number of hydrogen-bond donors (Lipinski definition) is 1. The lowest BCUT2D eigenvalue weighted by atomic mass is 10.1. The minimum absolute atomic E-state index is 0.244. The Labute approximate surface area is 116 Å². The third-order valence-corrected chi connectivity index (χ3v) is 3.95. The molecule has 19 heavy (non-hydrogen) atoms. The number of carbonyl (C=O) groups excluding carboxylic acids is 1. The molecule has 0 bridgehead atoms. The summed E-state index contributed by atoms with van der Waals surface area (Å²) < 4.78 is 4.67. The predicted octanol–water partition coefficient (Wildman–Crippen LogP) is 2.88. The molecule has 1 atom stereocenters. The number of nitrogens with one attached hydrogen (secondary N) is 1. The highest BCUT2D eigenvalue weighted by Crippen LogP contribution is 2.25. The van der Waals surface area contributed by atoms with E-state index in [2.05, 4.69) is 22.0 Å². The van der Waals surface area contributed by atoms with Gasteiger partial charge >= 0.3 is 5.97 Å². The standard InChI is InChI=1S/C14H16N2O2S/c1-9(15-2)13-16-12(8-19-13)10-4-6-11(7-5-10)14(17)18-3/h4-9,15H,1-3H3. The van der Waals surface area contributed by atoms with Crippen molar-refractivity contribution in [3.63, 3.8) is 0 Å². The van der Waals surface area contributed by atoms with Crippen LogP contribution in [0.2, 0.25) is 0 Å². The summed E-state index contributed by atoms with van der Waals surface area (Å²) in [4.78, 5) is 15.9. The van der Waals surface area contributed by atoms with Gasteiger partial charge in [0.2, 0.25) is 0 Å². The minimum atomic E-state index is -0.325. The topological polar surface area (TPSA) is 51.2 Å². The number of rotatable bonds is 4. The molecule has 0 amide bonds. The number of thiazole rings is 1. The molecule has 2 aromatic rings. The minimum Gasteiger partial charge on any atom is -0.465 e. The Morgan fingerprint density at radius 3 is 2.63 bits per heavy atom. The fourth-order valence-corrected chi connectivity index (χ4v) is 2.53. The van der Waals surface area contributed by atoms with Crippen LogP contribution in [0.3, 0.4) is 0 Å². The van der Waals surface area contributed by atoms with Crippen molar-refractivity contribution in [1.29, 1.82) is 0 Å². The van der Waals surface area contributed by atoms with Crippen LogP contribution in [0.4, 0.5) is 0 Å². The van der Waals surface area contributed by atoms with E-state index in [0.29, 0.717) is 5.56 Å². The van der Waals surface area contributed by atoms with E-state index >= 15 is 0 Å². The highest BCUT2D eigenvalue weighted by atomic mass is 32.1. The molecule has 0 aliphatic carbocycles. The molecule has 1 unspecified atom stereocenters. The van der Waals surface area contributed by atoms with Crippen LogP contribution in [0.25, 0.3) is 11.3 Å². The molecule has 1 N–H and O–H groups in total. The Balaban J connectivity index is 2.22. The number of benzene rings is 1. The fraction of sp³-hybridized carbons (Fsp3) is 0.286. The number of hydrogen-bond acceptors (Lipinski definition) is 5. The van der Waals surface area contributed by atoms with Crippen LogP contribution in [0.1, 0.15) is 28.3 Å². The molecule has 1 aromatic heterocycles. The highest BCUT2D eigenvalue weighted by molar-refractivity contribution is 7.10. The summed E-state index contributed by atoms with van der Waals surface area (Å²) in [6.45, 7) is 2.07. The van der Waals surface area contributed by atoms with Crippen molar-refractivity contribution in [2.24, 2.45) is 0 Å². The summed E-state index contributed by atoms with van der Waals surface area (Å²) in [6, 6.07) is 7.52. The first-order chi connectivity index (χ1) is 9.15. The third-order valence-electron chi connectivity index (χ3n) is 2.93. The summed E-state index contributed by atoms with van der Waals surface area (Å²) >= 11 is 1.63. The van der Waals surface area contributed by atoms with Gasteiger partial charge in [-0.2, -0.15) is 0 Å². The van der Waals surface area contributed by atoms with Gasteiger partial charge in [-0.05, 0) is 26.1 Å². The van der Waals surface area contributed by atoms with Crippen molar-refractivity contribution in [3.8, 4) is 11.3 Å². The van der Waals surface area contributed by atoms with E-state index in [9.17, 15) is 4.79 Å². The van der Waals surface area contributed by atoms with Gasteiger partial charge < -0.3 is 10.1 Å². The first-order valence-corrected chi connectivity index (χ1v) is 6.85. The SMILES string of the molecule is CNC(C)c1nc(-c2ccc(C(=O)OC)cc2)cs1. The Bertz CT molecular complexity index is 563. The number of methoxy groups -OCH3 is 1. The number of carbonyl (C=O) groups is 1. The smallest absolute Gasteiger partial charge is 0.337 e. The molecule has 1 aromatic carbocycles. The van der Waals surface area contributed by atoms with E-state index < -0.39 is 0 Å². The van der Waals surface area contributed by atoms with Crippen molar-refractivity contribution < 1.29 is 9.53 Å². The zero-order valence-electron chi connectivity index (χ0n) is 11.1. The van der Waals surface area contributed by atoms with Gasteiger partial charge in [0.05, 0.1) is 24.4 Å². The zero-order chi connectivity index (χ0) is 13.8. The number of nitrogens with zero attached hydrogens (tertiary/aromatic N) is 1. The monoisotopic (exact) mass is 276 g/mol. The van der Waals surface area contributed by atoms with Crippen LogP contribution < -0.4 is 5.32 Å². The summed E-state index contributed by atoms with van der Waals surface area (Å²) in [6.07, 6.45) is 0. The maximum absolute atomic E-state index is 11.3. The van der Waals surface area contributed by atoms with Gasteiger partial charge in [-0.15, -0.1) is 11.3 Å². The van der Waals surface area contributed by atoms with E-state index in [1.807, 2.05) is 24.6 Å². The number of aromatic nitrogens is 1. The lowest BCUT2D eigenvalue weighted by Crippen LogP contribution is -2.11. The van der Waals surface area contributed by atoms with Crippen LogP contribution in [-0.4, -0.2) is 25.1 Å². The van der Waals surface area contributed by atoms with Crippen LogP contribution in [0.5, 0.6) is 0 Å². The Kier molecular flexibility index (Phi) is 4.29. The molecular formula is C14H16N2O2S. The van der Waals surface area contributed by atoms with Crippen LogP contribution >= 0.6 is 11.3 Å². The summed E-state index contributed by atoms with van der Waals surface area (Å²) in [5, 5.41) is 6.24. The van der Waals surface area contributed by atoms with E-state index in [0.717, 1.165) is 16.3 Å². The first kappa shape index (κ1) is 13.7. The molecule has 0 spiro atoms. The molecule has 0 aliphatic rings. The molecule has 0 radical (unpaired) electrons. The van der Waals surface area contributed by atoms with Crippen LogP contribution in [0.15, 0.2) is 29.6 Å². The predicted molar refractivity (Wildman–Crippen MR) is 76.4 cm³/mol. The Morgan fingerprint density at radius 1 is 1.37 bits per heavy atom. The molecule has 0 fully saturated rings. The molecule has 100 valence electrons.